The van der Waals surface area contributed by atoms with Gasteiger partial charge >= 0.3 is 6.18 Å². The highest BCUT2D eigenvalue weighted by molar-refractivity contribution is 5.73. The Morgan fingerprint density at radius 3 is 2.61 bits per heavy atom. The van der Waals surface area contributed by atoms with Crippen molar-refractivity contribution < 1.29 is 18.0 Å². The number of carbonyl (C=O) groups is 1. The van der Waals surface area contributed by atoms with E-state index < -0.39 is 12.1 Å². The first kappa shape index (κ1) is 15.3. The second kappa shape index (κ2) is 6.97. The molecule has 0 bridgehead atoms. The van der Waals surface area contributed by atoms with Gasteiger partial charge in [-0.3, -0.25) is 4.79 Å². The summed E-state index contributed by atoms with van der Waals surface area (Å²) in [6, 6.07) is -0.0426. The number of rotatable bonds is 6. The van der Waals surface area contributed by atoms with Crippen LogP contribution in [-0.2, 0) is 4.79 Å². The van der Waals surface area contributed by atoms with Crippen LogP contribution in [0.5, 0.6) is 0 Å². The fourth-order valence-corrected chi connectivity index (χ4v) is 2.40. The summed E-state index contributed by atoms with van der Waals surface area (Å²) in [6.45, 7) is 0.655. The third-order valence-electron chi connectivity index (χ3n) is 3.42. The number of nitrogens with two attached hydrogens (primary N) is 1. The zero-order valence-electron chi connectivity index (χ0n) is 10.4. The van der Waals surface area contributed by atoms with Crippen molar-refractivity contribution in [1.82, 2.24) is 5.32 Å². The summed E-state index contributed by atoms with van der Waals surface area (Å²) in [4.78, 5) is 10.5. The first-order chi connectivity index (χ1) is 8.39. The van der Waals surface area contributed by atoms with E-state index >= 15 is 0 Å². The Balaban J connectivity index is 2.16. The van der Waals surface area contributed by atoms with Gasteiger partial charge < -0.3 is 11.1 Å². The standard InChI is InChI=1S/C12H21F3N2O/c13-12(14,15)9-4-3-5-10(8-9)17-7-2-1-6-11(16)18/h9-10,17H,1-8H2,(H2,16,18). The van der Waals surface area contributed by atoms with Crippen molar-refractivity contribution in [3.05, 3.63) is 0 Å². The van der Waals surface area contributed by atoms with Crippen molar-refractivity contribution in [2.24, 2.45) is 11.7 Å². The lowest BCUT2D eigenvalue weighted by molar-refractivity contribution is -0.183. The quantitative estimate of drug-likeness (QED) is 0.725. The summed E-state index contributed by atoms with van der Waals surface area (Å²) in [5, 5.41) is 3.15. The molecular formula is C12H21F3N2O. The molecule has 0 aromatic heterocycles. The maximum atomic E-state index is 12.6. The Kier molecular flexibility index (Phi) is 5.91. The molecule has 1 rings (SSSR count). The van der Waals surface area contributed by atoms with Gasteiger partial charge in [-0.1, -0.05) is 6.42 Å². The zero-order chi connectivity index (χ0) is 13.6. The molecule has 3 nitrogen and oxygen atoms in total. The van der Waals surface area contributed by atoms with E-state index in [4.69, 9.17) is 5.73 Å². The van der Waals surface area contributed by atoms with E-state index in [2.05, 4.69) is 5.32 Å². The molecule has 18 heavy (non-hydrogen) atoms. The summed E-state index contributed by atoms with van der Waals surface area (Å²) in [5.41, 5.74) is 5.00. The number of carbonyl (C=O) groups excluding carboxylic acids is 1. The normalized spacial score (nSPS) is 25.1. The average molecular weight is 266 g/mol. The summed E-state index contributed by atoms with van der Waals surface area (Å²) < 4.78 is 37.7. The number of unbranched alkanes of at least 4 members (excludes halogenated alkanes) is 1. The van der Waals surface area contributed by atoms with E-state index in [0.717, 1.165) is 12.8 Å². The highest BCUT2D eigenvalue weighted by Crippen LogP contribution is 2.37. The maximum Gasteiger partial charge on any atom is 0.391 e. The minimum absolute atomic E-state index is 0.0426. The topological polar surface area (TPSA) is 55.1 Å². The smallest absolute Gasteiger partial charge is 0.370 e. The Labute approximate surface area is 105 Å². The molecule has 6 heteroatoms. The second-order valence-electron chi connectivity index (χ2n) is 4.98. The molecule has 0 aromatic carbocycles. The minimum Gasteiger partial charge on any atom is -0.370 e. The van der Waals surface area contributed by atoms with Gasteiger partial charge in [0.1, 0.15) is 0 Å². The first-order valence-corrected chi connectivity index (χ1v) is 6.48. The lowest BCUT2D eigenvalue weighted by Crippen LogP contribution is -2.39. The van der Waals surface area contributed by atoms with Crippen molar-refractivity contribution in [1.29, 1.82) is 0 Å². The van der Waals surface area contributed by atoms with Crippen molar-refractivity contribution >= 4 is 5.91 Å². The second-order valence-corrected chi connectivity index (χ2v) is 4.98. The number of halogens is 3. The molecule has 3 N–H and O–H groups in total. The molecule has 1 aliphatic carbocycles. The van der Waals surface area contributed by atoms with E-state index in [-0.39, 0.29) is 24.8 Å². The lowest BCUT2D eigenvalue weighted by atomic mass is 9.85. The van der Waals surface area contributed by atoms with Crippen LogP contribution in [0.25, 0.3) is 0 Å². The summed E-state index contributed by atoms with van der Waals surface area (Å²) in [7, 11) is 0. The molecule has 1 saturated carbocycles. The molecule has 0 radical (unpaired) electrons. The lowest BCUT2D eigenvalue weighted by Gasteiger charge is -2.31. The number of hydrogen-bond donors (Lipinski definition) is 2. The highest BCUT2D eigenvalue weighted by Gasteiger charge is 2.41. The molecule has 1 fully saturated rings. The first-order valence-electron chi connectivity index (χ1n) is 6.48. The van der Waals surface area contributed by atoms with E-state index in [1.165, 1.54) is 0 Å². The van der Waals surface area contributed by atoms with Gasteiger partial charge in [0, 0.05) is 12.5 Å². The molecule has 0 aliphatic heterocycles. The molecule has 106 valence electrons. The van der Waals surface area contributed by atoms with E-state index in [1.807, 2.05) is 0 Å². The largest absolute Gasteiger partial charge is 0.391 e. The number of primary amides is 1. The van der Waals surface area contributed by atoms with Gasteiger partial charge in [-0.15, -0.1) is 0 Å². The summed E-state index contributed by atoms with van der Waals surface area (Å²) >= 11 is 0. The molecule has 2 atom stereocenters. The molecule has 2 unspecified atom stereocenters. The fourth-order valence-electron chi connectivity index (χ4n) is 2.40. The molecule has 1 amide bonds. The summed E-state index contributed by atoms with van der Waals surface area (Å²) in [6.07, 6.45) is -0.383. The van der Waals surface area contributed by atoms with Crippen LogP contribution in [0.3, 0.4) is 0 Å². The van der Waals surface area contributed by atoms with Crippen molar-refractivity contribution in [3.8, 4) is 0 Å². The van der Waals surface area contributed by atoms with Gasteiger partial charge in [0.25, 0.3) is 0 Å². The van der Waals surface area contributed by atoms with Crippen LogP contribution in [-0.4, -0.2) is 24.7 Å². The van der Waals surface area contributed by atoms with Gasteiger partial charge in [-0.25, -0.2) is 0 Å². The van der Waals surface area contributed by atoms with Crippen molar-refractivity contribution in [3.63, 3.8) is 0 Å². The number of hydrogen-bond acceptors (Lipinski definition) is 2. The zero-order valence-corrected chi connectivity index (χ0v) is 10.4. The highest BCUT2D eigenvalue weighted by atomic mass is 19.4. The van der Waals surface area contributed by atoms with Crippen LogP contribution < -0.4 is 11.1 Å². The SMILES string of the molecule is NC(=O)CCCCNC1CCCC(C(F)(F)F)C1. The van der Waals surface area contributed by atoms with E-state index in [1.54, 1.807) is 0 Å². The van der Waals surface area contributed by atoms with Crippen LogP contribution in [0.15, 0.2) is 0 Å². The van der Waals surface area contributed by atoms with E-state index in [9.17, 15) is 18.0 Å². The van der Waals surface area contributed by atoms with Gasteiger partial charge in [-0.2, -0.15) is 13.2 Å². The van der Waals surface area contributed by atoms with Gasteiger partial charge in [0.15, 0.2) is 0 Å². The molecule has 0 saturated heterocycles. The van der Waals surface area contributed by atoms with Gasteiger partial charge in [0.05, 0.1) is 5.92 Å². The van der Waals surface area contributed by atoms with Crippen molar-refractivity contribution in [2.45, 2.75) is 57.2 Å². The Hall–Kier alpha value is -0.780. The van der Waals surface area contributed by atoms with Crippen LogP contribution in [0.1, 0.15) is 44.9 Å². The number of nitrogens with one attached hydrogen (secondary N) is 1. The Morgan fingerprint density at radius 1 is 1.28 bits per heavy atom. The Bertz CT molecular complexity index is 269. The molecular weight excluding hydrogens is 245 g/mol. The molecule has 1 aliphatic rings. The predicted octanol–water partition coefficient (Wildman–Crippen LogP) is 2.35. The third-order valence-corrected chi connectivity index (χ3v) is 3.42. The monoisotopic (exact) mass is 266 g/mol. The molecule has 0 aromatic rings. The van der Waals surface area contributed by atoms with Crippen LogP contribution >= 0.6 is 0 Å². The molecule has 0 heterocycles. The van der Waals surface area contributed by atoms with Crippen LogP contribution in [0.2, 0.25) is 0 Å². The Morgan fingerprint density at radius 2 is 2.00 bits per heavy atom. The van der Waals surface area contributed by atoms with Crippen LogP contribution in [0, 0.1) is 5.92 Å². The maximum absolute atomic E-state index is 12.6. The van der Waals surface area contributed by atoms with Crippen LogP contribution in [0.4, 0.5) is 13.2 Å². The number of amides is 1. The summed E-state index contributed by atoms with van der Waals surface area (Å²) in [5.74, 6) is -1.49. The average Bonchev–Trinajstić information content (AvgIpc) is 2.27. The fraction of sp³-hybridized carbons (Fsp3) is 0.917. The van der Waals surface area contributed by atoms with E-state index in [0.29, 0.717) is 25.8 Å². The third kappa shape index (κ3) is 5.71. The predicted molar refractivity (Wildman–Crippen MR) is 62.8 cm³/mol. The minimum atomic E-state index is -4.06. The number of alkyl halides is 3. The van der Waals surface area contributed by atoms with Gasteiger partial charge in [0.2, 0.25) is 5.91 Å². The van der Waals surface area contributed by atoms with Crippen molar-refractivity contribution in [2.75, 3.05) is 6.54 Å². The molecule has 0 spiro atoms. The van der Waals surface area contributed by atoms with Gasteiger partial charge in [-0.05, 0) is 38.6 Å².